The lowest BCUT2D eigenvalue weighted by molar-refractivity contribution is 0.0963. The lowest BCUT2D eigenvalue weighted by Crippen LogP contribution is -2.49. The van der Waals surface area contributed by atoms with Crippen molar-refractivity contribution in [2.24, 2.45) is 4.99 Å². The minimum atomic E-state index is -0.232. The topological polar surface area (TPSA) is 97.3 Å². The smallest absolute Gasteiger partial charge is 0.409 e. The van der Waals surface area contributed by atoms with Crippen LogP contribution in [0.25, 0.3) is 0 Å². The normalized spacial score (nSPS) is 14.6. The predicted octanol–water partition coefficient (Wildman–Crippen LogP) is 2.40. The Balaban J connectivity index is 0.00000450. The van der Waals surface area contributed by atoms with Crippen molar-refractivity contribution in [2.75, 3.05) is 46.6 Å². The van der Waals surface area contributed by atoms with Gasteiger partial charge in [0, 0.05) is 44.5 Å². The second-order valence-electron chi connectivity index (χ2n) is 6.61. The third kappa shape index (κ3) is 8.90. The van der Waals surface area contributed by atoms with E-state index in [-0.39, 0.29) is 36.1 Å². The molecular formula is C20H34IN5O4. The molecule has 1 aliphatic rings. The van der Waals surface area contributed by atoms with Gasteiger partial charge < -0.3 is 29.7 Å². The summed E-state index contributed by atoms with van der Waals surface area (Å²) in [6.07, 6.45) is 3.17. The number of aromatic nitrogens is 1. The molecule has 1 fully saturated rings. The van der Waals surface area contributed by atoms with Gasteiger partial charge in [-0.3, -0.25) is 0 Å². The maximum absolute atomic E-state index is 11.8. The average molecular weight is 535 g/mol. The van der Waals surface area contributed by atoms with E-state index in [9.17, 15) is 4.79 Å². The third-order valence-electron chi connectivity index (χ3n) is 4.49. The third-order valence-corrected chi connectivity index (χ3v) is 4.49. The summed E-state index contributed by atoms with van der Waals surface area (Å²) >= 11 is 0. The Hall–Kier alpha value is -1.82. The number of carbonyl (C=O) groups is 1. The Kier molecular flexibility index (Phi) is 13.2. The highest BCUT2D eigenvalue weighted by atomic mass is 127. The maximum Gasteiger partial charge on any atom is 0.409 e. The van der Waals surface area contributed by atoms with Gasteiger partial charge >= 0.3 is 6.09 Å². The van der Waals surface area contributed by atoms with Crippen LogP contribution in [-0.2, 0) is 16.0 Å². The number of rotatable bonds is 9. The molecule has 1 aromatic heterocycles. The fourth-order valence-electron chi connectivity index (χ4n) is 2.99. The molecule has 2 heterocycles. The monoisotopic (exact) mass is 535 g/mol. The van der Waals surface area contributed by atoms with Gasteiger partial charge in [-0.25, -0.2) is 14.8 Å². The minimum Gasteiger partial charge on any atom is -0.475 e. The molecule has 9 nitrogen and oxygen atoms in total. The number of ether oxygens (including phenoxy) is 3. The number of pyridine rings is 1. The first-order valence-corrected chi connectivity index (χ1v) is 10.2. The number of piperidine rings is 1. The van der Waals surface area contributed by atoms with E-state index >= 15 is 0 Å². The zero-order valence-corrected chi connectivity index (χ0v) is 20.4. The van der Waals surface area contributed by atoms with Gasteiger partial charge in [0.15, 0.2) is 5.96 Å². The molecule has 0 unspecified atom stereocenters. The van der Waals surface area contributed by atoms with Crippen LogP contribution in [0.1, 0.15) is 32.3 Å². The van der Waals surface area contributed by atoms with Crippen LogP contribution in [0.15, 0.2) is 23.3 Å². The van der Waals surface area contributed by atoms with Crippen LogP contribution in [0.3, 0.4) is 0 Å². The van der Waals surface area contributed by atoms with Crippen LogP contribution in [0.4, 0.5) is 4.79 Å². The number of nitrogens with zero attached hydrogens (tertiary/aromatic N) is 3. The second-order valence-corrected chi connectivity index (χ2v) is 6.61. The molecule has 170 valence electrons. The first-order valence-electron chi connectivity index (χ1n) is 10.2. The molecule has 1 amide bonds. The molecule has 30 heavy (non-hydrogen) atoms. The average Bonchev–Trinajstić information content (AvgIpc) is 2.74. The summed E-state index contributed by atoms with van der Waals surface area (Å²) in [5.74, 6) is 1.32. The molecule has 0 saturated carbocycles. The molecule has 0 aliphatic carbocycles. The highest BCUT2D eigenvalue weighted by Crippen LogP contribution is 2.16. The van der Waals surface area contributed by atoms with Crippen LogP contribution in [-0.4, -0.2) is 74.5 Å². The summed E-state index contributed by atoms with van der Waals surface area (Å²) in [7, 11) is 1.64. The number of hydrogen-bond donors (Lipinski definition) is 2. The van der Waals surface area contributed by atoms with Gasteiger partial charge in [-0.2, -0.15) is 0 Å². The summed E-state index contributed by atoms with van der Waals surface area (Å²) in [5.41, 5.74) is 0.915. The van der Waals surface area contributed by atoms with Gasteiger partial charge in [0.25, 0.3) is 0 Å². The zero-order chi connectivity index (χ0) is 20.9. The van der Waals surface area contributed by atoms with Crippen molar-refractivity contribution in [3.8, 4) is 5.88 Å². The van der Waals surface area contributed by atoms with Crippen molar-refractivity contribution < 1.29 is 19.0 Å². The Labute approximate surface area is 196 Å². The lowest BCUT2D eigenvalue weighted by Gasteiger charge is -2.32. The van der Waals surface area contributed by atoms with Gasteiger partial charge in [0.1, 0.15) is 6.61 Å². The fourth-order valence-corrected chi connectivity index (χ4v) is 2.99. The Morgan fingerprint density at radius 3 is 2.73 bits per heavy atom. The number of guanidine groups is 1. The van der Waals surface area contributed by atoms with Crippen molar-refractivity contribution in [1.29, 1.82) is 0 Å². The number of aliphatic imine (C=N–C) groups is 1. The van der Waals surface area contributed by atoms with Gasteiger partial charge in [-0.05, 0) is 32.8 Å². The molecular weight excluding hydrogens is 501 g/mol. The van der Waals surface area contributed by atoms with E-state index in [0.717, 1.165) is 30.9 Å². The molecule has 10 heteroatoms. The number of methoxy groups -OCH3 is 1. The van der Waals surface area contributed by atoms with E-state index < -0.39 is 0 Å². The predicted molar refractivity (Wildman–Crippen MR) is 127 cm³/mol. The first-order chi connectivity index (χ1) is 14.2. The molecule has 0 aromatic carbocycles. The molecule has 1 saturated heterocycles. The number of likely N-dealkylation sites (tertiary alicyclic amines) is 1. The Bertz CT molecular complexity index is 654. The van der Waals surface area contributed by atoms with E-state index in [1.807, 2.05) is 26.0 Å². The van der Waals surface area contributed by atoms with Crippen molar-refractivity contribution >= 4 is 36.0 Å². The molecule has 0 radical (unpaired) electrons. The van der Waals surface area contributed by atoms with Crippen molar-refractivity contribution in [3.05, 3.63) is 23.9 Å². The molecule has 0 spiro atoms. The summed E-state index contributed by atoms with van der Waals surface area (Å²) in [5, 5.41) is 6.75. The Morgan fingerprint density at radius 2 is 2.07 bits per heavy atom. The molecule has 1 aliphatic heterocycles. The zero-order valence-electron chi connectivity index (χ0n) is 18.1. The van der Waals surface area contributed by atoms with E-state index in [1.54, 1.807) is 18.2 Å². The standard InChI is InChI=1S/C20H33N5O4.HI/c1-4-21-19(24-17-8-11-25(12-9-17)20(26)28-5-2)23-15-16-7-6-10-22-18(16)29-14-13-27-3;/h6-7,10,17H,4-5,8-9,11-15H2,1-3H3,(H2,21,23,24);1H. The fraction of sp³-hybridized carbons (Fsp3) is 0.650. The van der Waals surface area contributed by atoms with Gasteiger partial charge in [0.05, 0.1) is 19.8 Å². The number of carbonyl (C=O) groups excluding carboxylic acids is 1. The molecule has 1 aromatic rings. The van der Waals surface area contributed by atoms with Crippen LogP contribution in [0.2, 0.25) is 0 Å². The second kappa shape index (κ2) is 15.1. The maximum atomic E-state index is 11.8. The summed E-state index contributed by atoms with van der Waals surface area (Å²) in [4.78, 5) is 22.6. The number of halogens is 1. The van der Waals surface area contributed by atoms with Gasteiger partial charge in [-0.15, -0.1) is 24.0 Å². The van der Waals surface area contributed by atoms with Crippen LogP contribution >= 0.6 is 24.0 Å². The number of hydrogen-bond acceptors (Lipinski definition) is 6. The van der Waals surface area contributed by atoms with Crippen LogP contribution in [0, 0.1) is 0 Å². The highest BCUT2D eigenvalue weighted by molar-refractivity contribution is 14.0. The summed E-state index contributed by atoms with van der Waals surface area (Å²) < 4.78 is 15.8. The highest BCUT2D eigenvalue weighted by Gasteiger charge is 2.24. The summed E-state index contributed by atoms with van der Waals surface area (Å²) in [6.45, 7) is 7.78. The quantitative estimate of drug-likeness (QED) is 0.217. The van der Waals surface area contributed by atoms with E-state index in [4.69, 9.17) is 14.2 Å². The Morgan fingerprint density at radius 1 is 1.30 bits per heavy atom. The van der Waals surface area contributed by atoms with Gasteiger partial charge in [-0.1, -0.05) is 6.07 Å². The van der Waals surface area contributed by atoms with E-state index in [2.05, 4.69) is 20.6 Å². The van der Waals surface area contributed by atoms with Crippen LogP contribution in [0.5, 0.6) is 5.88 Å². The first kappa shape index (κ1) is 26.2. The number of nitrogens with one attached hydrogen (secondary N) is 2. The number of amides is 1. The van der Waals surface area contributed by atoms with Crippen molar-refractivity contribution in [2.45, 2.75) is 39.3 Å². The molecule has 0 atom stereocenters. The summed E-state index contributed by atoms with van der Waals surface area (Å²) in [6, 6.07) is 4.09. The lowest BCUT2D eigenvalue weighted by atomic mass is 10.1. The largest absolute Gasteiger partial charge is 0.475 e. The SMILES string of the molecule is CCNC(=NCc1cccnc1OCCOC)NC1CCN(C(=O)OCC)CC1.I. The van der Waals surface area contributed by atoms with Crippen LogP contribution < -0.4 is 15.4 Å². The molecule has 0 bridgehead atoms. The van der Waals surface area contributed by atoms with Gasteiger partial charge in [0.2, 0.25) is 5.88 Å². The minimum absolute atomic E-state index is 0. The van der Waals surface area contributed by atoms with E-state index in [0.29, 0.717) is 45.3 Å². The molecule has 2 rings (SSSR count). The van der Waals surface area contributed by atoms with Crippen molar-refractivity contribution in [3.63, 3.8) is 0 Å². The van der Waals surface area contributed by atoms with Crippen molar-refractivity contribution in [1.82, 2.24) is 20.5 Å². The molecule has 2 N–H and O–H groups in total. The van der Waals surface area contributed by atoms with E-state index in [1.165, 1.54) is 0 Å².